The van der Waals surface area contributed by atoms with Crippen LogP contribution in [0.3, 0.4) is 0 Å². The molecule has 1 atom stereocenters. The van der Waals surface area contributed by atoms with Crippen LogP contribution in [0.2, 0.25) is 5.02 Å². The first-order chi connectivity index (χ1) is 20.0. The van der Waals surface area contributed by atoms with Crippen LogP contribution in [0.1, 0.15) is 46.3 Å². The Kier molecular flexibility index (Phi) is 7.63. The molecule has 202 valence electrons. The zero-order valence-electron chi connectivity index (χ0n) is 23.8. The van der Waals surface area contributed by atoms with Crippen LogP contribution in [0.15, 0.2) is 145 Å². The van der Waals surface area contributed by atoms with E-state index in [0.717, 1.165) is 11.6 Å². The smallest absolute Gasteiger partial charge is 0.0806 e. The lowest BCUT2D eigenvalue weighted by Gasteiger charge is -2.28. The molecular formula is C39H34ClN. The van der Waals surface area contributed by atoms with Crippen LogP contribution in [-0.4, -0.2) is 6.54 Å². The molecule has 2 heteroatoms. The second-order valence-electron chi connectivity index (χ2n) is 10.9. The first-order valence-corrected chi connectivity index (χ1v) is 14.6. The zero-order chi connectivity index (χ0) is 28.3. The van der Waals surface area contributed by atoms with E-state index >= 15 is 0 Å². The molecule has 6 rings (SSSR count). The molecule has 0 bridgehead atoms. The Morgan fingerprint density at radius 1 is 0.610 bits per heavy atom. The van der Waals surface area contributed by atoms with E-state index in [1.165, 1.54) is 61.4 Å². The van der Waals surface area contributed by atoms with Gasteiger partial charge in [0.1, 0.15) is 0 Å². The van der Waals surface area contributed by atoms with Gasteiger partial charge in [0.15, 0.2) is 0 Å². The molecule has 0 N–H and O–H groups in total. The van der Waals surface area contributed by atoms with Crippen molar-refractivity contribution in [1.82, 2.24) is 0 Å². The van der Waals surface area contributed by atoms with Crippen molar-refractivity contribution in [2.24, 2.45) is 0 Å². The second-order valence-corrected chi connectivity index (χ2v) is 11.3. The number of hydrogen-bond acceptors (Lipinski definition) is 1. The number of allylic oxidation sites excluding steroid dienone is 1. The summed E-state index contributed by atoms with van der Waals surface area (Å²) in [6, 6.07) is 48.0. The van der Waals surface area contributed by atoms with Crippen LogP contribution >= 0.6 is 11.6 Å². The average Bonchev–Trinajstić information content (AvgIpc) is 3.40. The summed E-state index contributed by atoms with van der Waals surface area (Å²) in [5.41, 5.74) is 13.9. The van der Waals surface area contributed by atoms with Gasteiger partial charge in [0.25, 0.3) is 0 Å². The van der Waals surface area contributed by atoms with Crippen molar-refractivity contribution in [3.63, 3.8) is 0 Å². The lowest BCUT2D eigenvalue weighted by Crippen LogP contribution is -2.23. The van der Waals surface area contributed by atoms with Gasteiger partial charge >= 0.3 is 0 Å². The van der Waals surface area contributed by atoms with Gasteiger partial charge < -0.3 is 4.90 Å². The van der Waals surface area contributed by atoms with Crippen LogP contribution in [0.4, 0.5) is 5.69 Å². The van der Waals surface area contributed by atoms with Gasteiger partial charge in [0.2, 0.25) is 0 Å². The molecule has 1 aliphatic heterocycles. The van der Waals surface area contributed by atoms with Gasteiger partial charge in [-0.15, -0.1) is 0 Å². The van der Waals surface area contributed by atoms with Crippen molar-refractivity contribution in [2.75, 3.05) is 11.4 Å². The molecule has 0 radical (unpaired) electrons. The normalized spacial score (nSPS) is 16.1. The highest BCUT2D eigenvalue weighted by atomic mass is 35.5. The standard InChI is InChI=1S/C39H34ClN/c1-27-14-18-31(19-15-27)38(32-20-16-28(2)17-21-32)36-26-41(35-12-8-5-9-13-35)39(33-22-24-34(40)25-23-33)37(36)29(3)30-10-6-4-7-11-30/h4-25,39H,26H2,1-3H3/b37-29+. The van der Waals surface area contributed by atoms with Gasteiger partial charge in [-0.2, -0.15) is 0 Å². The molecule has 0 amide bonds. The topological polar surface area (TPSA) is 3.24 Å². The predicted octanol–water partition coefficient (Wildman–Crippen LogP) is 10.5. The monoisotopic (exact) mass is 551 g/mol. The Hall–Kier alpha value is -4.33. The molecule has 1 aliphatic rings. The lowest BCUT2D eigenvalue weighted by atomic mass is 9.84. The molecule has 1 unspecified atom stereocenters. The molecule has 1 heterocycles. The minimum absolute atomic E-state index is 0.0239. The largest absolute Gasteiger partial charge is 0.356 e. The SMILES string of the molecule is C/C(=C1/C(=C(c2ccc(C)cc2)c2ccc(C)cc2)CN(c2ccccc2)C1c1ccc(Cl)cc1)c1ccccc1. The van der Waals surface area contributed by atoms with Gasteiger partial charge in [0.05, 0.1) is 6.04 Å². The van der Waals surface area contributed by atoms with Gasteiger partial charge in [0, 0.05) is 17.3 Å². The molecule has 1 nitrogen and oxygen atoms in total. The number of rotatable bonds is 5. The number of para-hydroxylation sites is 1. The average molecular weight is 552 g/mol. The molecule has 1 fully saturated rings. The minimum atomic E-state index is 0.0239. The van der Waals surface area contributed by atoms with Crippen molar-refractivity contribution in [3.05, 3.63) is 183 Å². The summed E-state index contributed by atoms with van der Waals surface area (Å²) in [6.45, 7) is 7.37. The van der Waals surface area contributed by atoms with E-state index in [2.05, 4.69) is 147 Å². The number of hydrogen-bond donors (Lipinski definition) is 0. The summed E-state index contributed by atoms with van der Waals surface area (Å²) in [6.07, 6.45) is 0. The summed E-state index contributed by atoms with van der Waals surface area (Å²) in [5, 5.41) is 0.749. The Morgan fingerprint density at radius 2 is 1.12 bits per heavy atom. The third-order valence-electron chi connectivity index (χ3n) is 8.11. The fourth-order valence-electron chi connectivity index (χ4n) is 5.96. The molecule has 5 aromatic rings. The third kappa shape index (κ3) is 5.51. The quantitative estimate of drug-likeness (QED) is 0.210. The molecule has 41 heavy (non-hydrogen) atoms. The molecule has 0 spiro atoms. The van der Waals surface area contributed by atoms with Crippen molar-refractivity contribution in [1.29, 1.82) is 0 Å². The molecule has 0 saturated carbocycles. The van der Waals surface area contributed by atoms with Crippen molar-refractivity contribution in [3.8, 4) is 0 Å². The Morgan fingerprint density at radius 3 is 1.66 bits per heavy atom. The van der Waals surface area contributed by atoms with Crippen molar-refractivity contribution < 1.29 is 0 Å². The molecule has 0 aromatic heterocycles. The fourth-order valence-corrected chi connectivity index (χ4v) is 6.09. The van der Waals surface area contributed by atoms with Crippen LogP contribution in [0, 0.1) is 13.8 Å². The third-order valence-corrected chi connectivity index (χ3v) is 8.36. The first-order valence-electron chi connectivity index (χ1n) is 14.2. The maximum Gasteiger partial charge on any atom is 0.0806 e. The molecule has 5 aromatic carbocycles. The highest BCUT2D eigenvalue weighted by Crippen LogP contribution is 2.49. The second kappa shape index (κ2) is 11.6. The summed E-state index contributed by atoms with van der Waals surface area (Å²) in [7, 11) is 0. The number of benzene rings is 5. The summed E-state index contributed by atoms with van der Waals surface area (Å²) < 4.78 is 0. The fraction of sp³-hybridized carbons (Fsp3) is 0.128. The van der Waals surface area contributed by atoms with Crippen LogP contribution in [-0.2, 0) is 0 Å². The zero-order valence-corrected chi connectivity index (χ0v) is 24.6. The summed E-state index contributed by atoms with van der Waals surface area (Å²) in [5.74, 6) is 0. The van der Waals surface area contributed by atoms with Gasteiger partial charge in [-0.25, -0.2) is 0 Å². The highest BCUT2D eigenvalue weighted by Gasteiger charge is 2.38. The van der Waals surface area contributed by atoms with Crippen LogP contribution in [0.25, 0.3) is 11.1 Å². The van der Waals surface area contributed by atoms with E-state index in [1.54, 1.807) is 0 Å². The molecule has 1 saturated heterocycles. The minimum Gasteiger partial charge on any atom is -0.356 e. The van der Waals surface area contributed by atoms with Gasteiger partial charge in [-0.05, 0) is 89.6 Å². The molecule has 0 aliphatic carbocycles. The Balaban J connectivity index is 1.71. The van der Waals surface area contributed by atoms with Crippen LogP contribution in [0.5, 0.6) is 0 Å². The van der Waals surface area contributed by atoms with E-state index in [9.17, 15) is 0 Å². The van der Waals surface area contributed by atoms with E-state index < -0.39 is 0 Å². The van der Waals surface area contributed by atoms with E-state index in [-0.39, 0.29) is 6.04 Å². The molecular weight excluding hydrogens is 518 g/mol. The van der Waals surface area contributed by atoms with E-state index in [0.29, 0.717) is 0 Å². The predicted molar refractivity (Wildman–Crippen MR) is 175 cm³/mol. The van der Waals surface area contributed by atoms with E-state index in [4.69, 9.17) is 11.6 Å². The first kappa shape index (κ1) is 26.9. The van der Waals surface area contributed by atoms with Gasteiger partial charge in [-0.3, -0.25) is 0 Å². The van der Waals surface area contributed by atoms with Crippen molar-refractivity contribution in [2.45, 2.75) is 26.8 Å². The van der Waals surface area contributed by atoms with Crippen molar-refractivity contribution >= 4 is 28.4 Å². The highest BCUT2D eigenvalue weighted by molar-refractivity contribution is 6.30. The Bertz CT molecular complexity index is 1650. The number of nitrogens with zero attached hydrogens (tertiary/aromatic N) is 1. The van der Waals surface area contributed by atoms with Gasteiger partial charge in [-0.1, -0.05) is 132 Å². The summed E-state index contributed by atoms with van der Waals surface area (Å²) >= 11 is 6.40. The maximum absolute atomic E-state index is 6.40. The Labute approximate surface area is 249 Å². The maximum atomic E-state index is 6.40. The number of halogens is 1. The summed E-state index contributed by atoms with van der Waals surface area (Å²) in [4.78, 5) is 2.54. The number of anilines is 1. The number of aryl methyl sites for hydroxylation is 2. The lowest BCUT2D eigenvalue weighted by molar-refractivity contribution is 0.810. The van der Waals surface area contributed by atoms with Crippen LogP contribution < -0.4 is 4.90 Å². The van der Waals surface area contributed by atoms with E-state index in [1.807, 2.05) is 12.1 Å².